The minimum atomic E-state index is 0.296. The standard InChI is InChI=1S/C7H14IN2/c1-9-8-7-3-6(7)4-10(2)5-7/h6,9H,3-5H2,1-2H3/q-1. The van der Waals surface area contributed by atoms with E-state index in [0.29, 0.717) is 21.5 Å². The molecule has 1 aliphatic carbocycles. The van der Waals surface area contributed by atoms with Gasteiger partial charge >= 0.3 is 72.9 Å². The summed E-state index contributed by atoms with van der Waals surface area (Å²) in [6, 6.07) is 0. The van der Waals surface area contributed by atoms with Gasteiger partial charge in [-0.3, -0.25) is 0 Å². The molecule has 2 atom stereocenters. The van der Waals surface area contributed by atoms with Crippen LogP contribution in [-0.4, -0.2) is 35.5 Å². The summed E-state index contributed by atoms with van der Waals surface area (Å²) < 4.78 is 4.20. The number of alkyl halides is 1. The third-order valence-corrected chi connectivity index (χ3v) is 5.78. The molecule has 2 rings (SSSR count). The van der Waals surface area contributed by atoms with Gasteiger partial charge < -0.3 is 0 Å². The maximum absolute atomic E-state index is 3.40. The predicted octanol–water partition coefficient (Wildman–Crippen LogP) is -3.09. The van der Waals surface area contributed by atoms with Gasteiger partial charge in [0, 0.05) is 0 Å². The summed E-state index contributed by atoms with van der Waals surface area (Å²) in [5.41, 5.74) is 0. The first-order chi connectivity index (χ1) is 4.77. The molecule has 10 heavy (non-hydrogen) atoms. The molecule has 0 radical (unpaired) electrons. The Hall–Kier alpha value is 0.650. The minimum absolute atomic E-state index is 0.296. The first kappa shape index (κ1) is 7.31. The second kappa shape index (κ2) is 2.32. The van der Waals surface area contributed by atoms with Gasteiger partial charge in [-0.05, 0) is 0 Å². The van der Waals surface area contributed by atoms with Gasteiger partial charge in [-0.2, -0.15) is 0 Å². The molecule has 3 heteroatoms. The zero-order chi connectivity index (χ0) is 7.19. The first-order valence-corrected chi connectivity index (χ1v) is 5.93. The molecule has 1 saturated carbocycles. The molecule has 1 heterocycles. The normalized spacial score (nSPS) is 46.0. The monoisotopic (exact) mass is 253 g/mol. The average Bonchev–Trinajstić information content (AvgIpc) is 2.36. The Kier molecular flexibility index (Phi) is 1.69. The van der Waals surface area contributed by atoms with Crippen molar-refractivity contribution in [2.75, 3.05) is 27.2 Å². The van der Waals surface area contributed by atoms with Crippen molar-refractivity contribution in [3.05, 3.63) is 0 Å². The zero-order valence-electron chi connectivity index (χ0n) is 6.52. The number of halogens is 1. The number of piperidine rings is 1. The van der Waals surface area contributed by atoms with E-state index in [1.165, 1.54) is 19.5 Å². The fourth-order valence-electron chi connectivity index (χ4n) is 2.00. The molecule has 1 N–H and O–H groups in total. The Morgan fingerprint density at radius 3 is 3.00 bits per heavy atom. The van der Waals surface area contributed by atoms with Gasteiger partial charge in [-0.1, -0.05) is 0 Å². The van der Waals surface area contributed by atoms with E-state index in [1.54, 1.807) is 0 Å². The first-order valence-electron chi connectivity index (χ1n) is 3.77. The summed E-state index contributed by atoms with van der Waals surface area (Å²) in [5, 5.41) is 0. The van der Waals surface area contributed by atoms with Gasteiger partial charge in [0.1, 0.15) is 0 Å². The van der Waals surface area contributed by atoms with Gasteiger partial charge in [0.25, 0.3) is 0 Å². The fourth-order valence-corrected chi connectivity index (χ4v) is 5.21. The molecule has 2 aliphatic rings. The molecule has 2 nitrogen and oxygen atoms in total. The van der Waals surface area contributed by atoms with Crippen molar-refractivity contribution in [2.24, 2.45) is 5.92 Å². The summed E-state index contributed by atoms with van der Waals surface area (Å²) in [4.78, 5) is 2.48. The summed E-state index contributed by atoms with van der Waals surface area (Å²) >= 11 is 0.296. The van der Waals surface area contributed by atoms with E-state index < -0.39 is 0 Å². The summed E-state index contributed by atoms with van der Waals surface area (Å²) in [5.74, 6) is 1.07. The second-order valence-electron chi connectivity index (χ2n) is 3.42. The SMILES string of the molecule is CN[I-]C12CC1CN(C)C2. The van der Waals surface area contributed by atoms with Crippen molar-refractivity contribution in [3.63, 3.8) is 0 Å². The van der Waals surface area contributed by atoms with Crippen molar-refractivity contribution in [1.82, 2.24) is 8.43 Å². The Balaban J connectivity index is 1.95. The third-order valence-electron chi connectivity index (χ3n) is 2.50. The number of rotatable bonds is 2. The predicted molar refractivity (Wildman–Crippen MR) is 37.4 cm³/mol. The zero-order valence-corrected chi connectivity index (χ0v) is 8.68. The van der Waals surface area contributed by atoms with Gasteiger partial charge in [0.15, 0.2) is 0 Å². The van der Waals surface area contributed by atoms with Crippen LogP contribution in [-0.2, 0) is 0 Å². The molecular formula is C7H14IN2-. The van der Waals surface area contributed by atoms with Crippen molar-refractivity contribution >= 4 is 0 Å². The Bertz CT molecular complexity index is 151. The molecular weight excluding hydrogens is 239 g/mol. The van der Waals surface area contributed by atoms with Crippen LogP contribution in [0.25, 0.3) is 0 Å². The number of hydrogen-bond donors (Lipinski definition) is 1. The van der Waals surface area contributed by atoms with Crippen molar-refractivity contribution in [2.45, 2.75) is 9.84 Å². The van der Waals surface area contributed by atoms with E-state index in [2.05, 4.69) is 22.5 Å². The van der Waals surface area contributed by atoms with Crippen molar-refractivity contribution in [3.8, 4) is 0 Å². The molecule has 1 saturated heterocycles. The molecule has 1 aliphatic heterocycles. The number of fused-ring (bicyclic) bond motifs is 1. The van der Waals surface area contributed by atoms with Crippen LogP contribution in [0.2, 0.25) is 0 Å². The van der Waals surface area contributed by atoms with Crippen LogP contribution in [0.3, 0.4) is 0 Å². The molecule has 0 amide bonds. The average molecular weight is 253 g/mol. The molecule has 0 aromatic rings. The Labute approximate surface area is 73.0 Å². The van der Waals surface area contributed by atoms with Gasteiger partial charge in [0.05, 0.1) is 0 Å². The van der Waals surface area contributed by atoms with Crippen LogP contribution in [0.5, 0.6) is 0 Å². The van der Waals surface area contributed by atoms with Crippen molar-refractivity contribution in [1.29, 1.82) is 0 Å². The summed E-state index contributed by atoms with van der Waals surface area (Å²) in [7, 11) is 4.35. The maximum atomic E-state index is 3.40. The fraction of sp³-hybridized carbons (Fsp3) is 1.00. The van der Waals surface area contributed by atoms with E-state index >= 15 is 0 Å². The summed E-state index contributed by atoms with van der Waals surface area (Å²) in [6.07, 6.45) is 1.52. The Morgan fingerprint density at radius 2 is 2.50 bits per heavy atom. The molecule has 0 aromatic carbocycles. The number of hydrogen-bond acceptors (Lipinski definition) is 2. The van der Waals surface area contributed by atoms with E-state index in [0.717, 1.165) is 9.34 Å². The van der Waals surface area contributed by atoms with Gasteiger partial charge in [-0.25, -0.2) is 0 Å². The van der Waals surface area contributed by atoms with Crippen LogP contribution in [0.1, 0.15) is 6.42 Å². The van der Waals surface area contributed by atoms with E-state index in [9.17, 15) is 0 Å². The van der Waals surface area contributed by atoms with Crippen LogP contribution in [0.15, 0.2) is 0 Å². The molecule has 2 fully saturated rings. The third kappa shape index (κ3) is 0.987. The van der Waals surface area contributed by atoms with Crippen LogP contribution in [0, 0.1) is 5.92 Å². The van der Waals surface area contributed by atoms with E-state index in [-0.39, 0.29) is 0 Å². The Morgan fingerprint density at radius 1 is 1.70 bits per heavy atom. The number of likely N-dealkylation sites (tertiary alicyclic amines) is 1. The van der Waals surface area contributed by atoms with Crippen LogP contribution < -0.4 is 25.0 Å². The van der Waals surface area contributed by atoms with E-state index in [4.69, 9.17) is 0 Å². The van der Waals surface area contributed by atoms with Gasteiger partial charge in [0.2, 0.25) is 0 Å². The number of nitrogens with one attached hydrogen (secondary N) is 1. The molecule has 0 spiro atoms. The quantitative estimate of drug-likeness (QED) is 0.319. The van der Waals surface area contributed by atoms with Gasteiger partial charge in [-0.15, -0.1) is 0 Å². The summed E-state index contributed by atoms with van der Waals surface area (Å²) in [6.45, 7) is 2.73. The topological polar surface area (TPSA) is 15.3 Å². The van der Waals surface area contributed by atoms with E-state index in [1.807, 2.05) is 0 Å². The molecule has 2 unspecified atom stereocenters. The molecule has 60 valence electrons. The molecule has 0 aromatic heterocycles. The van der Waals surface area contributed by atoms with Crippen molar-refractivity contribution < 1.29 is 21.5 Å². The second-order valence-corrected chi connectivity index (χ2v) is 7.18. The number of nitrogens with zero attached hydrogens (tertiary/aromatic N) is 1. The van der Waals surface area contributed by atoms with Crippen LogP contribution >= 0.6 is 0 Å². The molecule has 0 bridgehead atoms. The van der Waals surface area contributed by atoms with Crippen LogP contribution in [0.4, 0.5) is 0 Å².